The molecule has 0 amide bonds. The van der Waals surface area contributed by atoms with E-state index < -0.39 is 12.2 Å². The van der Waals surface area contributed by atoms with Crippen LogP contribution in [-0.2, 0) is 33.9 Å². The molecule has 0 bridgehead atoms. The summed E-state index contributed by atoms with van der Waals surface area (Å²) in [6, 6.07) is 106. The summed E-state index contributed by atoms with van der Waals surface area (Å²) in [6.07, 6.45) is 4.67. The van der Waals surface area contributed by atoms with Crippen LogP contribution in [0.4, 0.5) is 34.1 Å². The van der Waals surface area contributed by atoms with E-state index in [4.69, 9.17) is 24.8 Å². The molecule has 12 nitrogen and oxygen atoms in total. The Hall–Kier alpha value is -12.1. The molecule has 1 unspecified atom stereocenters. The van der Waals surface area contributed by atoms with Crippen molar-refractivity contribution in [3.63, 3.8) is 0 Å². The van der Waals surface area contributed by atoms with Crippen LogP contribution in [0, 0.1) is 0 Å². The predicted octanol–water partition coefficient (Wildman–Crippen LogP) is 19.2. The van der Waals surface area contributed by atoms with Gasteiger partial charge in [-0.15, -0.1) is 0 Å². The quantitative estimate of drug-likeness (QED) is 0.0381. The van der Waals surface area contributed by atoms with Crippen molar-refractivity contribution in [3.05, 3.63) is 326 Å². The van der Waals surface area contributed by atoms with E-state index in [9.17, 15) is 4.79 Å². The molecule has 0 radical (unpaired) electrons. The second-order valence-electron chi connectivity index (χ2n) is 23.6. The van der Waals surface area contributed by atoms with Crippen LogP contribution < -0.4 is 15.0 Å². The Morgan fingerprint density at radius 1 is 0.326 bits per heavy atom. The maximum absolute atomic E-state index is 13.4. The molecule has 15 rings (SSSR count). The molecule has 0 aliphatic heterocycles. The predicted molar refractivity (Wildman–Crippen MR) is 391 cm³/mol. The Labute approximate surface area is 551 Å². The SMILES string of the molecule is CC(=O)OC(COC(Cn1c2ccccc2c2cc(/C=N/N(c3ccccc3)c3ccccc3)ccc21)Cn1c2ccccc2c2cc(/C=N/N(c3ccccc3)c3ccccc3)ccc21)Cn1c2ccccc2c2cc(/C=N/N(c3ccccc3)c3ccccc3)ccc21. The number of para-hydroxylation sites is 9. The molecule has 0 saturated carbocycles. The molecule has 0 spiro atoms. The highest BCUT2D eigenvalue weighted by Crippen LogP contribution is 2.36. The topological polar surface area (TPSA) is 97.1 Å². The average molecular weight is 1240 g/mol. The molecule has 0 saturated heterocycles. The van der Waals surface area contributed by atoms with Gasteiger partial charge in [0.25, 0.3) is 0 Å². The lowest BCUT2D eigenvalue weighted by molar-refractivity contribution is -0.151. The van der Waals surface area contributed by atoms with Gasteiger partial charge in [0.2, 0.25) is 0 Å². The van der Waals surface area contributed by atoms with Gasteiger partial charge in [-0.05, 0) is 144 Å². The summed E-state index contributed by atoms with van der Waals surface area (Å²) in [5, 5.41) is 27.7. The van der Waals surface area contributed by atoms with Crippen molar-refractivity contribution in [3.8, 4) is 0 Å². The average Bonchev–Trinajstić information content (AvgIpc) is 1.64. The number of hydrogen-bond acceptors (Lipinski definition) is 9. The summed E-state index contributed by atoms with van der Waals surface area (Å²) in [5.74, 6) is -0.384. The van der Waals surface area contributed by atoms with Gasteiger partial charge in [-0.2, -0.15) is 15.3 Å². The van der Waals surface area contributed by atoms with E-state index in [1.807, 2.05) is 143 Å². The van der Waals surface area contributed by atoms with Crippen LogP contribution in [-0.4, -0.2) is 57.1 Å². The first-order chi connectivity index (χ1) is 46.9. The number of rotatable bonds is 22. The molecule has 1 atom stereocenters. The number of aromatic nitrogens is 3. The fraction of sp³-hybridized carbons (Fsp3) is 0.0843. The van der Waals surface area contributed by atoms with E-state index in [0.29, 0.717) is 19.6 Å². The minimum Gasteiger partial charge on any atom is -0.458 e. The molecule has 0 fully saturated rings. The standard InChI is InChI=1S/C83H67N9O3/c1-60(93)95-71(58-89-80-43-25-22-40-74(80)77-52-63(46-49-83(77)89)55-86-92(68-34-16-6-17-35-68)69-36-18-7-19-37-69)59-94-70(56-87-78-41-23-20-38-72(78)75-50-61(44-47-81(75)87)53-84-90(64-26-8-2-9-27-64)65-28-10-3-11-29-65)57-88-79-42-24-21-39-73(79)76-51-62(45-48-82(76)88)54-85-91(66-30-12-4-13-31-66)67-32-14-5-15-33-67/h2-55,70-71H,56-59H2,1H3/b84-53+,85-54+,86-55+. The first-order valence-corrected chi connectivity index (χ1v) is 32.1. The third-order valence-electron chi connectivity index (χ3n) is 17.4. The maximum atomic E-state index is 13.4. The van der Waals surface area contributed by atoms with Gasteiger partial charge in [-0.3, -0.25) is 4.79 Å². The Balaban J connectivity index is 0.791. The lowest BCUT2D eigenvalue weighted by atomic mass is 10.1. The number of esters is 1. The third kappa shape index (κ3) is 12.6. The number of carbonyl (C=O) groups is 1. The molecule has 15 aromatic rings. The van der Waals surface area contributed by atoms with Crippen molar-refractivity contribution in [1.29, 1.82) is 0 Å². The van der Waals surface area contributed by atoms with Crippen molar-refractivity contribution >= 4 is 124 Å². The monoisotopic (exact) mass is 1240 g/mol. The van der Waals surface area contributed by atoms with Crippen LogP contribution in [0.1, 0.15) is 23.6 Å². The largest absolute Gasteiger partial charge is 0.458 e. The third-order valence-corrected chi connectivity index (χ3v) is 17.4. The molecule has 95 heavy (non-hydrogen) atoms. The van der Waals surface area contributed by atoms with Crippen molar-refractivity contribution < 1.29 is 14.3 Å². The Bertz CT molecular complexity index is 4930. The van der Waals surface area contributed by atoms with Crippen LogP contribution in [0.3, 0.4) is 0 Å². The fourth-order valence-corrected chi connectivity index (χ4v) is 13.1. The summed E-state index contributed by atoms with van der Waals surface area (Å²) >= 11 is 0. The fourth-order valence-electron chi connectivity index (χ4n) is 13.1. The van der Waals surface area contributed by atoms with Crippen LogP contribution in [0.15, 0.2) is 325 Å². The number of hydrazone groups is 3. The summed E-state index contributed by atoms with van der Waals surface area (Å²) in [5.41, 5.74) is 14.9. The van der Waals surface area contributed by atoms with Crippen LogP contribution in [0.5, 0.6) is 0 Å². The van der Waals surface area contributed by atoms with Gasteiger partial charge >= 0.3 is 5.97 Å². The second kappa shape index (κ2) is 27.0. The van der Waals surface area contributed by atoms with Gasteiger partial charge in [-0.25, -0.2) is 15.0 Å². The Morgan fingerprint density at radius 2 is 0.579 bits per heavy atom. The smallest absolute Gasteiger partial charge is 0.303 e. The van der Waals surface area contributed by atoms with E-state index in [1.165, 1.54) is 6.92 Å². The Kier molecular flexibility index (Phi) is 16.8. The normalized spacial score (nSPS) is 12.2. The van der Waals surface area contributed by atoms with E-state index in [2.05, 4.69) is 214 Å². The summed E-state index contributed by atoms with van der Waals surface area (Å²) in [6.45, 7) is 2.88. The number of benzene rings is 12. The molecule has 0 aliphatic carbocycles. The van der Waals surface area contributed by atoms with Crippen molar-refractivity contribution in [2.45, 2.75) is 38.8 Å². The van der Waals surface area contributed by atoms with Crippen LogP contribution in [0.2, 0.25) is 0 Å². The molecule has 0 N–H and O–H groups in total. The zero-order valence-corrected chi connectivity index (χ0v) is 52.4. The van der Waals surface area contributed by atoms with Gasteiger partial charge in [0, 0.05) is 72.3 Å². The van der Waals surface area contributed by atoms with E-state index >= 15 is 0 Å². The first-order valence-electron chi connectivity index (χ1n) is 32.1. The first kappa shape index (κ1) is 59.2. The number of anilines is 6. The van der Waals surface area contributed by atoms with E-state index in [0.717, 1.165) is 116 Å². The van der Waals surface area contributed by atoms with Crippen molar-refractivity contribution in [2.24, 2.45) is 15.3 Å². The molecular weight excluding hydrogens is 1170 g/mol. The molecule has 0 aliphatic rings. The molecular formula is C83H67N9O3. The van der Waals surface area contributed by atoms with Crippen LogP contribution >= 0.6 is 0 Å². The Morgan fingerprint density at radius 3 is 0.863 bits per heavy atom. The summed E-state index contributed by atoms with van der Waals surface area (Å²) in [7, 11) is 0. The number of nitrogens with zero attached hydrogens (tertiary/aromatic N) is 9. The number of hydrogen-bond donors (Lipinski definition) is 0. The molecule has 3 aromatic heterocycles. The number of ether oxygens (including phenoxy) is 2. The zero-order chi connectivity index (χ0) is 63.9. The minimum atomic E-state index is -0.668. The van der Waals surface area contributed by atoms with Crippen molar-refractivity contribution in [1.82, 2.24) is 13.7 Å². The number of fused-ring (bicyclic) bond motifs is 9. The van der Waals surface area contributed by atoms with Gasteiger partial charge in [-0.1, -0.05) is 182 Å². The van der Waals surface area contributed by atoms with Crippen molar-refractivity contribution in [2.75, 3.05) is 21.6 Å². The summed E-state index contributed by atoms with van der Waals surface area (Å²) in [4.78, 5) is 13.4. The number of carbonyl (C=O) groups excluding carboxylic acids is 1. The lowest BCUT2D eigenvalue weighted by Gasteiger charge is -2.25. The van der Waals surface area contributed by atoms with Gasteiger partial charge < -0.3 is 23.2 Å². The lowest BCUT2D eigenvalue weighted by Crippen LogP contribution is -2.33. The van der Waals surface area contributed by atoms with Crippen LogP contribution in [0.25, 0.3) is 65.4 Å². The van der Waals surface area contributed by atoms with Gasteiger partial charge in [0.05, 0.1) is 85.1 Å². The van der Waals surface area contributed by atoms with E-state index in [-0.39, 0.29) is 12.6 Å². The summed E-state index contributed by atoms with van der Waals surface area (Å²) < 4.78 is 20.8. The molecule has 12 heteroatoms. The van der Waals surface area contributed by atoms with Gasteiger partial charge in [0.15, 0.2) is 0 Å². The minimum absolute atomic E-state index is 0.117. The highest BCUT2D eigenvalue weighted by Gasteiger charge is 2.25. The highest BCUT2D eigenvalue weighted by molar-refractivity contribution is 6.12. The second-order valence-corrected chi connectivity index (χ2v) is 23.6. The zero-order valence-electron chi connectivity index (χ0n) is 52.4. The van der Waals surface area contributed by atoms with E-state index in [1.54, 1.807) is 0 Å². The maximum Gasteiger partial charge on any atom is 0.303 e. The molecule has 3 heterocycles. The molecule has 12 aromatic carbocycles. The molecule has 462 valence electrons. The van der Waals surface area contributed by atoms with Gasteiger partial charge in [0.1, 0.15) is 6.10 Å². The highest BCUT2D eigenvalue weighted by atomic mass is 16.6.